The van der Waals surface area contributed by atoms with Crippen LogP contribution in [0.2, 0.25) is 0 Å². The van der Waals surface area contributed by atoms with E-state index in [2.05, 4.69) is 0 Å². The van der Waals surface area contributed by atoms with E-state index in [0.717, 1.165) is 26.7 Å². The summed E-state index contributed by atoms with van der Waals surface area (Å²) in [5.74, 6) is -6.21. The standard InChI is InChI=1S/C34H44O22/c1-47-29(45)17-11-51-31(55-33-27(43)25(41)23(39)19(9-35)53-33)13-3-5-50-22(38)8-16-14(4-6-49-21(37)7-15(13)17)32(52-12-18(16)30(46)48-2)56-34-28(44)26(42)24(40)20(10-36)54-34/h3-4,11-12,15-16,19-20,23-28,31-36,39-44H,5-10H2,1-2H3/b13-3+,14-4+/t15?,16?,19-,20-,23-,24-,25+,26+,27-,28-,31?,32?,33+,34+/m1/s1. The first kappa shape index (κ1) is 43.1. The number of hydrogen-bond acceptors (Lipinski definition) is 22. The van der Waals surface area contributed by atoms with Crippen LogP contribution in [-0.2, 0) is 66.5 Å². The van der Waals surface area contributed by atoms with Gasteiger partial charge in [0, 0.05) is 23.0 Å². The molecule has 312 valence electrons. The predicted octanol–water partition coefficient (Wildman–Crippen LogP) is -4.59. The van der Waals surface area contributed by atoms with Crippen molar-refractivity contribution in [3.05, 3.63) is 47.0 Å². The number of aliphatic hydroxyl groups excluding tert-OH is 8. The van der Waals surface area contributed by atoms with E-state index in [9.17, 15) is 60.0 Å². The molecule has 0 spiro atoms. The molecule has 56 heavy (non-hydrogen) atoms. The molecule has 22 heteroatoms. The van der Waals surface area contributed by atoms with E-state index >= 15 is 0 Å². The van der Waals surface area contributed by atoms with Gasteiger partial charge in [0.2, 0.25) is 12.6 Å². The number of methoxy groups -OCH3 is 2. The number of carbonyl (C=O) groups is 4. The quantitative estimate of drug-likeness (QED) is 0.0650. The summed E-state index contributed by atoms with van der Waals surface area (Å²) in [7, 11) is 2.14. The lowest BCUT2D eigenvalue weighted by molar-refractivity contribution is -0.328. The minimum Gasteiger partial charge on any atom is -0.468 e. The molecule has 8 N–H and O–H groups in total. The lowest BCUT2D eigenvalue weighted by Gasteiger charge is -2.42. The predicted molar refractivity (Wildman–Crippen MR) is 174 cm³/mol. The lowest BCUT2D eigenvalue weighted by Crippen LogP contribution is -2.60. The summed E-state index contributed by atoms with van der Waals surface area (Å²) in [4.78, 5) is 52.6. The van der Waals surface area contributed by atoms with Crippen molar-refractivity contribution in [3.63, 3.8) is 0 Å². The van der Waals surface area contributed by atoms with Crippen LogP contribution in [0.25, 0.3) is 0 Å². The molecule has 0 aromatic heterocycles. The van der Waals surface area contributed by atoms with Gasteiger partial charge >= 0.3 is 23.9 Å². The molecular formula is C34H44O22. The molecule has 2 saturated heterocycles. The van der Waals surface area contributed by atoms with Gasteiger partial charge in [-0.25, -0.2) is 9.59 Å². The SMILES string of the molecule is COC(=O)C1=COC(O[C@@H]2O[C@H](CO)[C@@H](O)[C@H](O)[C@H]2O)/C2=C/COC(=O)CC3C(C(=O)OC)=COC(O[C@@H]4O[C@H](CO)[C@@H](O)[C@H](O)[C@H]4O)/C3=C/COC(=O)CC12. The second-order valence-corrected chi connectivity index (χ2v) is 13.0. The van der Waals surface area contributed by atoms with Gasteiger partial charge in [-0.05, 0) is 12.2 Å². The number of hydrogen-bond donors (Lipinski definition) is 8. The molecule has 0 radical (unpaired) electrons. The Morgan fingerprint density at radius 3 is 1.34 bits per heavy atom. The maximum Gasteiger partial charge on any atom is 0.337 e. The topological polar surface area (TPSA) is 322 Å². The number of cyclic esters (lactones) is 2. The van der Waals surface area contributed by atoms with Crippen LogP contribution in [0.3, 0.4) is 0 Å². The minimum atomic E-state index is -1.87. The highest BCUT2D eigenvalue weighted by Crippen LogP contribution is 2.39. The lowest BCUT2D eigenvalue weighted by atomic mass is 9.85. The first-order valence-corrected chi connectivity index (χ1v) is 17.2. The summed E-state index contributed by atoms with van der Waals surface area (Å²) in [5.41, 5.74) is -0.473. The van der Waals surface area contributed by atoms with Crippen molar-refractivity contribution in [2.75, 3.05) is 40.6 Å². The van der Waals surface area contributed by atoms with Crippen LogP contribution >= 0.6 is 0 Å². The van der Waals surface area contributed by atoms with Gasteiger partial charge in [0.1, 0.15) is 62.0 Å². The van der Waals surface area contributed by atoms with Crippen LogP contribution in [0.4, 0.5) is 0 Å². The Morgan fingerprint density at radius 2 is 1.00 bits per heavy atom. The Bertz CT molecular complexity index is 1450. The molecule has 0 saturated carbocycles. The Hall–Kier alpha value is -4.04. The third-order valence-electron chi connectivity index (χ3n) is 9.66. The number of ether oxygens (including phenoxy) is 10. The molecule has 5 aliphatic rings. The first-order valence-electron chi connectivity index (χ1n) is 17.2. The molecule has 5 aliphatic heterocycles. The molecule has 14 atom stereocenters. The van der Waals surface area contributed by atoms with Gasteiger partial charge in [0.25, 0.3) is 0 Å². The minimum absolute atomic E-state index is 0.0305. The molecule has 0 amide bonds. The summed E-state index contributed by atoms with van der Waals surface area (Å²) in [5, 5.41) is 81.4. The van der Waals surface area contributed by atoms with Crippen LogP contribution in [-0.4, -0.2) is 179 Å². The van der Waals surface area contributed by atoms with Crippen LogP contribution in [0.5, 0.6) is 0 Å². The molecule has 0 aromatic rings. The van der Waals surface area contributed by atoms with Crippen molar-refractivity contribution < 1.29 is 107 Å². The fourth-order valence-electron chi connectivity index (χ4n) is 6.57. The van der Waals surface area contributed by atoms with Crippen LogP contribution in [0, 0.1) is 11.8 Å². The number of aliphatic hydroxyl groups is 8. The smallest absolute Gasteiger partial charge is 0.337 e. The van der Waals surface area contributed by atoms with Gasteiger partial charge in [-0.15, -0.1) is 0 Å². The van der Waals surface area contributed by atoms with Crippen molar-refractivity contribution in [1.82, 2.24) is 0 Å². The maximum atomic E-state index is 13.4. The van der Waals surface area contributed by atoms with Crippen LogP contribution < -0.4 is 0 Å². The van der Waals surface area contributed by atoms with Gasteiger partial charge < -0.3 is 88.2 Å². The molecule has 0 aliphatic carbocycles. The normalized spacial score (nSPS) is 40.0. The fourth-order valence-corrected chi connectivity index (χ4v) is 6.57. The first-order chi connectivity index (χ1) is 26.7. The highest BCUT2D eigenvalue weighted by atomic mass is 16.8. The van der Waals surface area contributed by atoms with E-state index in [4.69, 9.17) is 47.4 Å². The van der Waals surface area contributed by atoms with E-state index in [1.54, 1.807) is 0 Å². The van der Waals surface area contributed by atoms with Crippen molar-refractivity contribution in [2.45, 2.75) is 86.8 Å². The van der Waals surface area contributed by atoms with Gasteiger partial charge in [0.15, 0.2) is 12.6 Å². The summed E-state index contributed by atoms with van der Waals surface area (Å²) < 4.78 is 54.3. The second-order valence-electron chi connectivity index (χ2n) is 13.0. The van der Waals surface area contributed by atoms with E-state index in [0.29, 0.717) is 0 Å². The monoisotopic (exact) mass is 804 g/mol. The van der Waals surface area contributed by atoms with E-state index in [-0.39, 0.29) is 22.3 Å². The Labute approximate surface area is 317 Å². The second kappa shape index (κ2) is 18.9. The Kier molecular flexibility index (Phi) is 14.6. The third kappa shape index (κ3) is 9.22. The van der Waals surface area contributed by atoms with Crippen molar-refractivity contribution in [2.24, 2.45) is 11.8 Å². The molecule has 22 nitrogen and oxygen atoms in total. The third-order valence-corrected chi connectivity index (χ3v) is 9.66. The van der Waals surface area contributed by atoms with E-state index in [1.807, 2.05) is 0 Å². The molecule has 2 fully saturated rings. The van der Waals surface area contributed by atoms with Gasteiger partial charge in [-0.3, -0.25) is 9.59 Å². The van der Waals surface area contributed by atoms with Crippen molar-refractivity contribution in [3.8, 4) is 0 Å². The summed E-state index contributed by atoms with van der Waals surface area (Å²) >= 11 is 0. The molecule has 5 heterocycles. The number of rotatable bonds is 8. The van der Waals surface area contributed by atoms with Crippen LogP contribution in [0.1, 0.15) is 12.8 Å². The van der Waals surface area contributed by atoms with E-state index in [1.165, 1.54) is 12.2 Å². The number of fused-ring (bicyclic) bond motifs is 2. The number of esters is 4. The van der Waals surface area contributed by atoms with Gasteiger partial charge in [-0.2, -0.15) is 0 Å². The van der Waals surface area contributed by atoms with Crippen LogP contribution in [0.15, 0.2) is 47.0 Å². The highest BCUT2D eigenvalue weighted by Gasteiger charge is 2.49. The van der Waals surface area contributed by atoms with E-state index < -0.39 is 149 Å². The van der Waals surface area contributed by atoms with Gasteiger partial charge in [0.05, 0.1) is 63.9 Å². The average molecular weight is 805 g/mol. The highest BCUT2D eigenvalue weighted by molar-refractivity contribution is 5.91. The Balaban J connectivity index is 1.46. The van der Waals surface area contributed by atoms with Crippen molar-refractivity contribution >= 4 is 23.9 Å². The van der Waals surface area contributed by atoms with Crippen molar-refractivity contribution in [1.29, 1.82) is 0 Å². The molecule has 4 unspecified atom stereocenters. The Morgan fingerprint density at radius 1 is 0.625 bits per heavy atom. The summed E-state index contributed by atoms with van der Waals surface area (Å²) in [6.45, 7) is -2.69. The largest absolute Gasteiger partial charge is 0.468 e. The molecule has 0 aromatic carbocycles. The van der Waals surface area contributed by atoms with Gasteiger partial charge in [-0.1, -0.05) is 0 Å². The zero-order valence-corrected chi connectivity index (χ0v) is 29.9. The average Bonchev–Trinajstić information content (AvgIpc) is 3.19. The summed E-state index contributed by atoms with van der Waals surface area (Å²) in [6, 6.07) is 0. The molecule has 5 rings (SSSR count). The fraction of sp³-hybridized carbons (Fsp3) is 0.647. The molecule has 0 bridgehead atoms. The molecular weight excluding hydrogens is 760 g/mol. The zero-order chi connectivity index (χ0) is 40.8. The number of carbonyl (C=O) groups excluding carboxylic acids is 4. The summed E-state index contributed by atoms with van der Waals surface area (Å²) in [6.07, 6.45) is -17.0. The maximum absolute atomic E-state index is 13.4. The zero-order valence-electron chi connectivity index (χ0n) is 29.9.